The van der Waals surface area contributed by atoms with Gasteiger partial charge in [0, 0.05) is 39.2 Å². The highest BCUT2D eigenvalue weighted by molar-refractivity contribution is 8.76. The minimum absolute atomic E-state index is 0.0538. The highest BCUT2D eigenvalue weighted by Gasteiger charge is 2.52. The molecular formula is C18H28O11S2. The van der Waals surface area contributed by atoms with Crippen molar-refractivity contribution in [3.8, 4) is 0 Å². The molecule has 178 valence electrons. The molecule has 0 aliphatic carbocycles. The molecule has 1 aliphatic heterocycles. The lowest BCUT2D eigenvalue weighted by Crippen LogP contribution is -2.63. The molecule has 1 aliphatic rings. The minimum Gasteiger partial charge on any atom is -0.463 e. The van der Waals surface area contributed by atoms with E-state index in [0.29, 0.717) is 11.5 Å². The van der Waals surface area contributed by atoms with Gasteiger partial charge in [-0.05, 0) is 0 Å². The molecule has 0 saturated carbocycles. The van der Waals surface area contributed by atoms with E-state index in [4.69, 9.17) is 33.5 Å². The van der Waals surface area contributed by atoms with Gasteiger partial charge in [-0.1, -0.05) is 21.6 Å². The monoisotopic (exact) mass is 484 g/mol. The molecule has 0 amide bonds. The van der Waals surface area contributed by atoms with Crippen molar-refractivity contribution < 1.29 is 52.7 Å². The minimum atomic E-state index is -1.25. The van der Waals surface area contributed by atoms with Crippen LogP contribution in [-0.4, -0.2) is 91.0 Å². The van der Waals surface area contributed by atoms with Gasteiger partial charge in [-0.2, -0.15) is 0 Å². The lowest BCUT2D eigenvalue weighted by Gasteiger charge is -2.44. The van der Waals surface area contributed by atoms with Crippen molar-refractivity contribution >= 4 is 45.5 Å². The van der Waals surface area contributed by atoms with Crippen LogP contribution in [0.4, 0.5) is 0 Å². The van der Waals surface area contributed by atoms with Gasteiger partial charge in [0.15, 0.2) is 24.6 Å². The fourth-order valence-corrected chi connectivity index (χ4v) is 4.29. The van der Waals surface area contributed by atoms with E-state index in [-0.39, 0.29) is 19.8 Å². The fourth-order valence-electron chi connectivity index (χ4n) is 2.68. The van der Waals surface area contributed by atoms with E-state index in [2.05, 4.69) is 0 Å². The van der Waals surface area contributed by atoms with Crippen molar-refractivity contribution in [2.45, 2.75) is 58.4 Å². The molecule has 1 heterocycles. The fraction of sp³-hybridized carbons (Fsp3) is 0.778. The number of carbonyl (C=O) groups is 4. The SMILES string of the molecule is CC(=O)OCC1O[C@@H](OCCSSCCO)[C@@H](OC(C)=O)C(OC(C)=O)[C@@H]1OC(C)=O. The first-order valence-electron chi connectivity index (χ1n) is 9.43. The number of hydrogen-bond donors (Lipinski definition) is 1. The number of aliphatic hydroxyl groups excluding tert-OH is 1. The first-order chi connectivity index (χ1) is 14.6. The number of esters is 4. The number of hydrogen-bond acceptors (Lipinski definition) is 13. The predicted octanol–water partition coefficient (Wildman–Crippen LogP) is 0.460. The van der Waals surface area contributed by atoms with Gasteiger partial charge in [0.1, 0.15) is 12.7 Å². The molecule has 0 bridgehead atoms. The summed E-state index contributed by atoms with van der Waals surface area (Å²) in [4.78, 5) is 46.3. The third-order valence-electron chi connectivity index (χ3n) is 3.65. The molecule has 1 fully saturated rings. The molecular weight excluding hydrogens is 456 g/mol. The van der Waals surface area contributed by atoms with Crippen LogP contribution in [0.15, 0.2) is 0 Å². The molecule has 31 heavy (non-hydrogen) atoms. The second-order valence-corrected chi connectivity index (χ2v) is 9.01. The van der Waals surface area contributed by atoms with E-state index in [1.54, 1.807) is 0 Å². The summed E-state index contributed by atoms with van der Waals surface area (Å²) in [5.41, 5.74) is 0. The number of aliphatic hydroxyl groups is 1. The van der Waals surface area contributed by atoms with Crippen LogP contribution in [0.1, 0.15) is 27.7 Å². The second kappa shape index (κ2) is 14.5. The average molecular weight is 485 g/mol. The first-order valence-corrected chi connectivity index (χ1v) is 11.9. The molecule has 1 rings (SSSR count). The Morgan fingerprint density at radius 1 is 0.806 bits per heavy atom. The van der Waals surface area contributed by atoms with Crippen LogP contribution in [0.3, 0.4) is 0 Å². The third-order valence-corrected chi connectivity index (χ3v) is 6.00. The van der Waals surface area contributed by atoms with Crippen molar-refractivity contribution in [1.82, 2.24) is 0 Å². The van der Waals surface area contributed by atoms with E-state index in [1.807, 2.05) is 0 Å². The smallest absolute Gasteiger partial charge is 0.303 e. The van der Waals surface area contributed by atoms with Crippen LogP contribution >= 0.6 is 21.6 Å². The van der Waals surface area contributed by atoms with Crippen molar-refractivity contribution in [1.29, 1.82) is 0 Å². The van der Waals surface area contributed by atoms with Gasteiger partial charge in [0.25, 0.3) is 0 Å². The van der Waals surface area contributed by atoms with Crippen LogP contribution in [0.5, 0.6) is 0 Å². The maximum absolute atomic E-state index is 11.7. The van der Waals surface area contributed by atoms with Crippen LogP contribution in [0.2, 0.25) is 0 Å². The van der Waals surface area contributed by atoms with Crippen molar-refractivity contribution in [3.63, 3.8) is 0 Å². The Balaban J connectivity index is 3.07. The summed E-state index contributed by atoms with van der Waals surface area (Å²) in [6.45, 7) is 4.59. The zero-order chi connectivity index (χ0) is 23.4. The van der Waals surface area contributed by atoms with Gasteiger partial charge in [0.2, 0.25) is 0 Å². The standard InChI is InChI=1S/C18H28O11S2/c1-10(20)25-9-14-15(26-11(2)21)16(27-12(3)22)17(28-13(4)23)18(29-14)24-6-8-31-30-7-5-19/h14-19H,5-9H2,1-4H3/t14?,15-,16?,17+,18-/m1/s1. The molecule has 1 N–H and O–H groups in total. The summed E-state index contributed by atoms with van der Waals surface area (Å²) in [5, 5.41) is 8.81. The molecule has 5 atom stereocenters. The number of ether oxygens (including phenoxy) is 6. The Hall–Kier alpha value is -1.54. The molecule has 11 nitrogen and oxygen atoms in total. The average Bonchev–Trinajstić information content (AvgIpc) is 2.66. The Morgan fingerprint density at radius 3 is 1.90 bits per heavy atom. The van der Waals surface area contributed by atoms with Gasteiger partial charge in [-0.3, -0.25) is 19.2 Å². The Morgan fingerprint density at radius 2 is 1.35 bits per heavy atom. The molecule has 13 heteroatoms. The van der Waals surface area contributed by atoms with Crippen LogP contribution in [0.25, 0.3) is 0 Å². The van der Waals surface area contributed by atoms with Gasteiger partial charge in [-0.25, -0.2) is 0 Å². The van der Waals surface area contributed by atoms with Crippen molar-refractivity contribution in [2.75, 3.05) is 31.3 Å². The lowest BCUT2D eigenvalue weighted by molar-refractivity contribution is -0.307. The van der Waals surface area contributed by atoms with Gasteiger partial charge in [0.05, 0.1) is 13.2 Å². The maximum atomic E-state index is 11.7. The molecule has 0 aromatic rings. The van der Waals surface area contributed by atoms with E-state index in [9.17, 15) is 19.2 Å². The summed E-state index contributed by atoms with van der Waals surface area (Å²) < 4.78 is 32.4. The van der Waals surface area contributed by atoms with Crippen LogP contribution in [-0.2, 0) is 47.6 Å². The molecule has 1 saturated heterocycles. The van der Waals surface area contributed by atoms with Crippen molar-refractivity contribution in [2.24, 2.45) is 0 Å². The Bertz CT molecular complexity index is 615. The normalized spacial score (nSPS) is 25.4. The lowest BCUT2D eigenvalue weighted by atomic mass is 9.98. The van der Waals surface area contributed by atoms with Gasteiger partial charge >= 0.3 is 23.9 Å². The predicted molar refractivity (Wildman–Crippen MR) is 110 cm³/mol. The van der Waals surface area contributed by atoms with Gasteiger partial charge < -0.3 is 33.5 Å². The Kier molecular flexibility index (Phi) is 12.9. The topological polar surface area (TPSA) is 144 Å². The van der Waals surface area contributed by atoms with E-state index < -0.39 is 54.6 Å². The van der Waals surface area contributed by atoms with E-state index in [1.165, 1.54) is 28.5 Å². The molecule has 0 radical (unpaired) electrons. The summed E-state index contributed by atoms with van der Waals surface area (Å²) in [7, 11) is 2.92. The largest absolute Gasteiger partial charge is 0.463 e. The quantitative estimate of drug-likeness (QED) is 0.177. The number of rotatable bonds is 12. The van der Waals surface area contributed by atoms with E-state index >= 15 is 0 Å². The zero-order valence-corrected chi connectivity index (χ0v) is 19.4. The zero-order valence-electron chi connectivity index (χ0n) is 17.8. The highest BCUT2D eigenvalue weighted by Crippen LogP contribution is 2.30. The van der Waals surface area contributed by atoms with Crippen LogP contribution < -0.4 is 0 Å². The van der Waals surface area contributed by atoms with Crippen LogP contribution in [0, 0.1) is 0 Å². The Labute approximate surface area is 188 Å². The summed E-state index contributed by atoms with van der Waals surface area (Å²) in [6.07, 6.45) is -5.90. The second-order valence-electron chi connectivity index (χ2n) is 6.31. The van der Waals surface area contributed by atoms with Gasteiger partial charge in [-0.15, -0.1) is 0 Å². The molecule has 2 unspecified atom stereocenters. The highest BCUT2D eigenvalue weighted by atomic mass is 33.1. The first kappa shape index (κ1) is 27.5. The number of carbonyl (C=O) groups excluding carboxylic acids is 4. The van der Waals surface area contributed by atoms with E-state index in [0.717, 1.165) is 20.8 Å². The molecule has 0 aromatic carbocycles. The maximum Gasteiger partial charge on any atom is 0.303 e. The summed E-state index contributed by atoms with van der Waals surface area (Å²) >= 11 is 0. The van der Waals surface area contributed by atoms with Crippen molar-refractivity contribution in [3.05, 3.63) is 0 Å². The third kappa shape index (κ3) is 10.5. The summed E-state index contributed by atoms with van der Waals surface area (Å²) in [5.74, 6) is -1.60. The molecule has 0 aromatic heterocycles. The molecule has 0 spiro atoms. The summed E-state index contributed by atoms with van der Waals surface area (Å²) in [6, 6.07) is 0.